The highest BCUT2D eigenvalue weighted by atomic mass is 35.5. The van der Waals surface area contributed by atoms with E-state index in [4.69, 9.17) is 11.6 Å². The predicted molar refractivity (Wildman–Crippen MR) is 115 cm³/mol. The molecule has 2 aromatic rings. The molecule has 2 aromatic carbocycles. The van der Waals surface area contributed by atoms with Gasteiger partial charge in [0.1, 0.15) is 6.54 Å². The smallest absolute Gasteiger partial charge is 0.241 e. The molecule has 0 aromatic heterocycles. The van der Waals surface area contributed by atoms with Crippen LogP contribution in [0.15, 0.2) is 36.4 Å². The Morgan fingerprint density at radius 3 is 2.43 bits per heavy atom. The molecule has 0 aliphatic carbocycles. The van der Waals surface area contributed by atoms with Crippen LogP contribution in [-0.4, -0.2) is 27.1 Å². The number of hydrogen-bond donors (Lipinski definition) is 1. The number of carbonyl (C=O) groups excluding carboxylic acids is 1. The van der Waals surface area contributed by atoms with Gasteiger partial charge in [-0.05, 0) is 54.2 Å². The van der Waals surface area contributed by atoms with E-state index in [0.29, 0.717) is 22.8 Å². The zero-order valence-corrected chi connectivity index (χ0v) is 18.3. The number of rotatable bonds is 8. The molecule has 0 unspecified atom stereocenters. The van der Waals surface area contributed by atoms with E-state index in [1.807, 2.05) is 0 Å². The van der Waals surface area contributed by atoms with Gasteiger partial charge in [0.2, 0.25) is 15.9 Å². The third kappa shape index (κ3) is 5.49. The van der Waals surface area contributed by atoms with E-state index in [1.165, 1.54) is 11.1 Å². The third-order valence-electron chi connectivity index (χ3n) is 4.73. The van der Waals surface area contributed by atoms with E-state index in [1.54, 1.807) is 25.1 Å². The van der Waals surface area contributed by atoms with Crippen LogP contribution in [0.5, 0.6) is 0 Å². The SMILES string of the molecule is CCc1ccc(CC)c(CNC(=O)CN(c2cccc(Cl)c2C)S(C)(=O)=O)c1. The van der Waals surface area contributed by atoms with Gasteiger partial charge in [-0.25, -0.2) is 8.42 Å². The van der Waals surface area contributed by atoms with Crippen LogP contribution in [0.25, 0.3) is 0 Å². The van der Waals surface area contributed by atoms with E-state index in [9.17, 15) is 13.2 Å². The lowest BCUT2D eigenvalue weighted by Gasteiger charge is -2.24. The molecule has 2 rings (SSSR count). The van der Waals surface area contributed by atoms with Crippen molar-refractivity contribution in [2.45, 2.75) is 40.2 Å². The van der Waals surface area contributed by atoms with Crippen LogP contribution in [-0.2, 0) is 34.2 Å². The van der Waals surface area contributed by atoms with Gasteiger partial charge in [0, 0.05) is 11.6 Å². The van der Waals surface area contributed by atoms with Gasteiger partial charge in [-0.15, -0.1) is 0 Å². The lowest BCUT2D eigenvalue weighted by molar-refractivity contribution is -0.119. The van der Waals surface area contributed by atoms with Crippen LogP contribution >= 0.6 is 11.6 Å². The lowest BCUT2D eigenvalue weighted by Crippen LogP contribution is -2.40. The second-order valence-electron chi connectivity index (χ2n) is 6.74. The molecule has 28 heavy (non-hydrogen) atoms. The Labute approximate surface area is 172 Å². The number of sulfonamides is 1. The van der Waals surface area contributed by atoms with Crippen molar-refractivity contribution in [3.05, 3.63) is 63.7 Å². The number of halogens is 1. The Kier molecular flexibility index (Phi) is 7.49. The quantitative estimate of drug-likeness (QED) is 0.702. The zero-order valence-electron chi connectivity index (χ0n) is 16.8. The minimum Gasteiger partial charge on any atom is -0.350 e. The number of benzene rings is 2. The number of anilines is 1. The Balaban J connectivity index is 2.19. The van der Waals surface area contributed by atoms with E-state index in [2.05, 4.69) is 37.4 Å². The van der Waals surface area contributed by atoms with Gasteiger partial charge < -0.3 is 5.32 Å². The summed E-state index contributed by atoms with van der Waals surface area (Å²) in [6, 6.07) is 11.3. The van der Waals surface area contributed by atoms with Crippen molar-refractivity contribution < 1.29 is 13.2 Å². The first-order valence-corrected chi connectivity index (χ1v) is 11.5. The van der Waals surface area contributed by atoms with Gasteiger partial charge >= 0.3 is 0 Å². The van der Waals surface area contributed by atoms with Gasteiger partial charge in [-0.2, -0.15) is 0 Å². The molecule has 1 amide bonds. The van der Waals surface area contributed by atoms with Crippen molar-refractivity contribution in [2.75, 3.05) is 17.1 Å². The van der Waals surface area contributed by atoms with E-state index >= 15 is 0 Å². The first-order valence-electron chi connectivity index (χ1n) is 9.27. The highest BCUT2D eigenvalue weighted by molar-refractivity contribution is 7.92. The Bertz CT molecular complexity index is 958. The van der Waals surface area contributed by atoms with Gasteiger partial charge in [0.15, 0.2) is 0 Å². The van der Waals surface area contributed by atoms with E-state index in [0.717, 1.165) is 29.0 Å². The number of nitrogens with zero attached hydrogens (tertiary/aromatic N) is 1. The topological polar surface area (TPSA) is 66.5 Å². The summed E-state index contributed by atoms with van der Waals surface area (Å²) in [6.07, 6.45) is 2.87. The van der Waals surface area contributed by atoms with Gasteiger partial charge in [0.05, 0.1) is 11.9 Å². The molecule has 152 valence electrons. The molecule has 0 aliphatic rings. The summed E-state index contributed by atoms with van der Waals surface area (Å²) >= 11 is 6.13. The first kappa shape index (κ1) is 22.2. The molecule has 0 bridgehead atoms. The van der Waals surface area contributed by atoms with Crippen molar-refractivity contribution >= 4 is 33.2 Å². The maximum atomic E-state index is 12.5. The summed E-state index contributed by atoms with van der Waals surface area (Å²) in [6.45, 7) is 5.95. The molecule has 0 aliphatic heterocycles. The normalized spacial score (nSPS) is 11.3. The maximum Gasteiger partial charge on any atom is 0.241 e. The molecular formula is C21H27ClN2O3S. The molecule has 0 fully saturated rings. The van der Waals surface area contributed by atoms with Gasteiger partial charge in [0.25, 0.3) is 0 Å². The number of nitrogens with one attached hydrogen (secondary N) is 1. The number of amides is 1. The fraction of sp³-hybridized carbons (Fsp3) is 0.381. The monoisotopic (exact) mass is 422 g/mol. The van der Waals surface area contributed by atoms with E-state index in [-0.39, 0.29) is 12.5 Å². The van der Waals surface area contributed by atoms with Crippen LogP contribution in [0, 0.1) is 6.92 Å². The van der Waals surface area contributed by atoms with Crippen molar-refractivity contribution in [1.82, 2.24) is 5.32 Å². The summed E-state index contributed by atoms with van der Waals surface area (Å²) in [5.41, 5.74) is 4.45. The fourth-order valence-electron chi connectivity index (χ4n) is 3.04. The summed E-state index contributed by atoms with van der Waals surface area (Å²) in [5, 5.41) is 3.31. The van der Waals surface area contributed by atoms with Gasteiger partial charge in [-0.3, -0.25) is 9.10 Å². The van der Waals surface area contributed by atoms with Crippen molar-refractivity contribution in [3.8, 4) is 0 Å². The summed E-state index contributed by atoms with van der Waals surface area (Å²) in [4.78, 5) is 12.5. The average Bonchev–Trinajstić information content (AvgIpc) is 2.65. The van der Waals surface area contributed by atoms with Crippen LogP contribution in [0.4, 0.5) is 5.69 Å². The minimum absolute atomic E-state index is 0.297. The molecule has 0 saturated heterocycles. The van der Waals surface area contributed by atoms with Crippen LogP contribution in [0.1, 0.15) is 36.1 Å². The molecule has 5 nitrogen and oxygen atoms in total. The van der Waals surface area contributed by atoms with Crippen LogP contribution in [0.3, 0.4) is 0 Å². The third-order valence-corrected chi connectivity index (χ3v) is 6.27. The van der Waals surface area contributed by atoms with Crippen molar-refractivity contribution in [2.24, 2.45) is 0 Å². The molecule has 0 saturated carbocycles. The predicted octanol–water partition coefficient (Wildman–Crippen LogP) is 3.86. The van der Waals surface area contributed by atoms with E-state index < -0.39 is 10.0 Å². The second-order valence-corrected chi connectivity index (χ2v) is 9.05. The summed E-state index contributed by atoms with van der Waals surface area (Å²) < 4.78 is 25.7. The van der Waals surface area contributed by atoms with Crippen LogP contribution < -0.4 is 9.62 Å². The standard InChI is InChI=1S/C21H27ClN2O3S/c1-5-16-10-11-17(6-2)18(12-16)13-23-21(25)14-24(28(4,26)27)20-9-7-8-19(22)15(20)3/h7-12H,5-6,13-14H2,1-4H3,(H,23,25). The molecule has 0 radical (unpaired) electrons. The molecule has 0 spiro atoms. The molecular weight excluding hydrogens is 396 g/mol. The molecule has 7 heteroatoms. The Hall–Kier alpha value is -2.05. The second kappa shape index (κ2) is 9.43. The maximum absolute atomic E-state index is 12.5. The highest BCUT2D eigenvalue weighted by Crippen LogP contribution is 2.28. The Morgan fingerprint density at radius 1 is 1.11 bits per heavy atom. The molecule has 0 atom stereocenters. The Morgan fingerprint density at radius 2 is 1.82 bits per heavy atom. The average molecular weight is 423 g/mol. The summed E-state index contributed by atoms with van der Waals surface area (Å²) in [7, 11) is -3.64. The minimum atomic E-state index is -3.64. The fourth-order valence-corrected chi connectivity index (χ4v) is 4.11. The molecule has 0 heterocycles. The van der Waals surface area contributed by atoms with Crippen molar-refractivity contribution in [1.29, 1.82) is 0 Å². The summed E-state index contributed by atoms with van der Waals surface area (Å²) in [5.74, 6) is -0.367. The highest BCUT2D eigenvalue weighted by Gasteiger charge is 2.23. The first-order chi connectivity index (χ1) is 13.2. The number of hydrogen-bond acceptors (Lipinski definition) is 3. The molecule has 1 N–H and O–H groups in total. The lowest BCUT2D eigenvalue weighted by atomic mass is 10.0. The van der Waals surface area contributed by atoms with Gasteiger partial charge in [-0.1, -0.05) is 49.7 Å². The number of aryl methyl sites for hydroxylation is 2. The zero-order chi connectivity index (χ0) is 20.9. The van der Waals surface area contributed by atoms with Crippen molar-refractivity contribution in [3.63, 3.8) is 0 Å². The largest absolute Gasteiger partial charge is 0.350 e. The number of carbonyl (C=O) groups is 1. The van der Waals surface area contributed by atoms with Crippen LogP contribution in [0.2, 0.25) is 5.02 Å².